The number of nitrogens with zero attached hydrogens (tertiary/aromatic N) is 1. The number of nitrogens with one attached hydrogen (secondary N) is 2. The lowest BCUT2D eigenvalue weighted by Gasteiger charge is -2.51. The summed E-state index contributed by atoms with van der Waals surface area (Å²) < 4.78 is 5.46. The lowest BCUT2D eigenvalue weighted by atomic mass is 9.60. The van der Waals surface area contributed by atoms with Crippen molar-refractivity contribution in [2.24, 2.45) is 5.41 Å². The molecular weight excluding hydrogens is 290 g/mol. The van der Waals surface area contributed by atoms with E-state index in [1.807, 2.05) is 30.3 Å². The molecule has 2 fully saturated rings. The van der Waals surface area contributed by atoms with Crippen LogP contribution in [-0.4, -0.2) is 30.3 Å². The zero-order valence-corrected chi connectivity index (χ0v) is 13.0. The van der Waals surface area contributed by atoms with Gasteiger partial charge in [-0.3, -0.25) is 4.98 Å². The standard InChI is InChI=1S/C18H21N3O2/c22-17(21-16-6-7-18(16)8-11-23-12-9-18)20-15-5-1-4-14-13(15)3-2-10-19-14/h1-5,10,16H,6-9,11-12H2,(H2,20,21,22). The van der Waals surface area contributed by atoms with E-state index in [9.17, 15) is 4.79 Å². The molecule has 1 aliphatic heterocycles. The summed E-state index contributed by atoms with van der Waals surface area (Å²) in [5, 5.41) is 7.11. The fourth-order valence-electron chi connectivity index (χ4n) is 3.83. The molecule has 4 rings (SSSR count). The Bertz CT molecular complexity index is 720. The monoisotopic (exact) mass is 311 g/mol. The largest absolute Gasteiger partial charge is 0.381 e. The van der Waals surface area contributed by atoms with Gasteiger partial charge in [0.15, 0.2) is 0 Å². The molecular formula is C18H21N3O2. The van der Waals surface area contributed by atoms with Crippen molar-refractivity contribution in [2.45, 2.75) is 31.7 Å². The molecule has 2 aliphatic rings. The van der Waals surface area contributed by atoms with Gasteiger partial charge in [0.1, 0.15) is 0 Å². The summed E-state index contributed by atoms with van der Waals surface area (Å²) in [7, 11) is 0. The normalized spacial score (nSPS) is 22.5. The van der Waals surface area contributed by atoms with Crippen LogP contribution in [0.3, 0.4) is 0 Å². The number of benzene rings is 1. The fourth-order valence-corrected chi connectivity index (χ4v) is 3.83. The average molecular weight is 311 g/mol. The number of aromatic nitrogens is 1. The number of amides is 2. The second-order valence-corrected chi connectivity index (χ2v) is 6.54. The van der Waals surface area contributed by atoms with Gasteiger partial charge in [0.2, 0.25) is 0 Å². The molecule has 1 atom stereocenters. The van der Waals surface area contributed by atoms with Crippen molar-refractivity contribution < 1.29 is 9.53 Å². The molecule has 2 amide bonds. The van der Waals surface area contributed by atoms with Crippen molar-refractivity contribution in [3.63, 3.8) is 0 Å². The Morgan fingerprint density at radius 1 is 1.17 bits per heavy atom. The Hall–Kier alpha value is -2.14. The van der Waals surface area contributed by atoms with Crippen LogP contribution in [0.5, 0.6) is 0 Å². The van der Waals surface area contributed by atoms with Crippen molar-refractivity contribution in [3.05, 3.63) is 36.5 Å². The van der Waals surface area contributed by atoms with E-state index in [0.717, 1.165) is 49.1 Å². The van der Waals surface area contributed by atoms with Gasteiger partial charge in [0.05, 0.1) is 11.2 Å². The topological polar surface area (TPSA) is 63.2 Å². The lowest BCUT2D eigenvalue weighted by Crippen LogP contribution is -2.57. The second kappa shape index (κ2) is 5.81. The zero-order valence-electron chi connectivity index (χ0n) is 13.0. The molecule has 23 heavy (non-hydrogen) atoms. The zero-order chi connectivity index (χ0) is 15.7. The molecule has 0 bridgehead atoms. The minimum atomic E-state index is -0.128. The van der Waals surface area contributed by atoms with Gasteiger partial charge >= 0.3 is 6.03 Å². The van der Waals surface area contributed by atoms with Crippen LogP contribution in [0.15, 0.2) is 36.5 Å². The lowest BCUT2D eigenvalue weighted by molar-refractivity contribution is -0.0507. The molecule has 5 heteroatoms. The van der Waals surface area contributed by atoms with E-state index >= 15 is 0 Å². The molecule has 1 aromatic heterocycles. The smallest absolute Gasteiger partial charge is 0.319 e. The molecule has 2 aromatic rings. The molecule has 1 aliphatic carbocycles. The van der Waals surface area contributed by atoms with Gasteiger partial charge in [0, 0.05) is 30.8 Å². The van der Waals surface area contributed by atoms with Crippen LogP contribution < -0.4 is 10.6 Å². The third-order valence-electron chi connectivity index (χ3n) is 5.36. The van der Waals surface area contributed by atoms with Crippen LogP contribution in [0.4, 0.5) is 10.5 Å². The van der Waals surface area contributed by atoms with Crippen molar-refractivity contribution in [1.82, 2.24) is 10.3 Å². The third kappa shape index (κ3) is 2.65. The molecule has 1 spiro atoms. The molecule has 120 valence electrons. The van der Waals surface area contributed by atoms with Crippen LogP contribution in [0.1, 0.15) is 25.7 Å². The number of fused-ring (bicyclic) bond motifs is 1. The number of hydrogen-bond acceptors (Lipinski definition) is 3. The molecule has 2 N–H and O–H groups in total. The SMILES string of the molecule is O=C(Nc1cccc2ncccc12)NC1CCC12CCOCC2. The van der Waals surface area contributed by atoms with Crippen LogP contribution >= 0.6 is 0 Å². The highest BCUT2D eigenvalue weighted by Crippen LogP contribution is 2.48. The summed E-state index contributed by atoms with van der Waals surface area (Å²) in [6, 6.07) is 9.76. The first-order valence-electron chi connectivity index (χ1n) is 8.26. The summed E-state index contributed by atoms with van der Waals surface area (Å²) in [5.74, 6) is 0. The van der Waals surface area contributed by atoms with E-state index in [4.69, 9.17) is 4.74 Å². The van der Waals surface area contributed by atoms with Gasteiger partial charge in [-0.2, -0.15) is 0 Å². The predicted octanol–water partition coefficient (Wildman–Crippen LogP) is 3.32. The summed E-state index contributed by atoms with van der Waals surface area (Å²) in [6.07, 6.45) is 6.12. The van der Waals surface area contributed by atoms with E-state index in [1.54, 1.807) is 6.20 Å². The molecule has 0 radical (unpaired) electrons. The molecule has 1 unspecified atom stereocenters. The van der Waals surface area contributed by atoms with Crippen molar-refractivity contribution >= 4 is 22.6 Å². The minimum absolute atomic E-state index is 0.128. The van der Waals surface area contributed by atoms with Gasteiger partial charge in [-0.15, -0.1) is 0 Å². The second-order valence-electron chi connectivity index (χ2n) is 6.54. The number of rotatable bonds is 2. The highest BCUT2D eigenvalue weighted by Gasteiger charge is 2.47. The number of carbonyl (C=O) groups excluding carboxylic acids is 1. The molecule has 1 saturated heterocycles. The van der Waals surface area contributed by atoms with Crippen LogP contribution in [0.25, 0.3) is 10.9 Å². The first-order chi connectivity index (χ1) is 11.3. The van der Waals surface area contributed by atoms with Gasteiger partial charge in [-0.1, -0.05) is 6.07 Å². The number of ether oxygens (including phenoxy) is 1. The van der Waals surface area contributed by atoms with Crippen LogP contribution in [0, 0.1) is 5.41 Å². The Labute approximate surface area is 135 Å². The van der Waals surface area contributed by atoms with Crippen LogP contribution in [-0.2, 0) is 4.74 Å². The Morgan fingerprint density at radius 2 is 2.04 bits per heavy atom. The van der Waals surface area contributed by atoms with Gasteiger partial charge in [-0.25, -0.2) is 4.79 Å². The Kier molecular flexibility index (Phi) is 3.65. The van der Waals surface area contributed by atoms with Gasteiger partial charge < -0.3 is 15.4 Å². The highest BCUT2D eigenvalue weighted by molar-refractivity contribution is 6.00. The fraction of sp³-hybridized carbons (Fsp3) is 0.444. The molecule has 2 heterocycles. The molecule has 1 aromatic carbocycles. The van der Waals surface area contributed by atoms with Crippen molar-refractivity contribution in [1.29, 1.82) is 0 Å². The Balaban J connectivity index is 1.46. The average Bonchev–Trinajstić information content (AvgIpc) is 2.60. The van der Waals surface area contributed by atoms with E-state index in [-0.39, 0.29) is 17.5 Å². The van der Waals surface area contributed by atoms with E-state index < -0.39 is 0 Å². The number of urea groups is 1. The predicted molar refractivity (Wildman–Crippen MR) is 89.4 cm³/mol. The maximum atomic E-state index is 12.4. The minimum Gasteiger partial charge on any atom is -0.381 e. The molecule has 5 nitrogen and oxygen atoms in total. The third-order valence-corrected chi connectivity index (χ3v) is 5.36. The van der Waals surface area contributed by atoms with Gasteiger partial charge in [-0.05, 0) is 55.4 Å². The summed E-state index contributed by atoms with van der Waals surface area (Å²) in [5.41, 5.74) is 1.94. The van der Waals surface area contributed by atoms with E-state index in [0.29, 0.717) is 0 Å². The summed E-state index contributed by atoms with van der Waals surface area (Å²) in [4.78, 5) is 16.7. The Morgan fingerprint density at radius 3 is 2.83 bits per heavy atom. The maximum absolute atomic E-state index is 12.4. The number of carbonyl (C=O) groups is 1. The van der Waals surface area contributed by atoms with Gasteiger partial charge in [0.25, 0.3) is 0 Å². The van der Waals surface area contributed by atoms with Crippen molar-refractivity contribution in [2.75, 3.05) is 18.5 Å². The number of hydrogen-bond donors (Lipinski definition) is 2. The summed E-state index contributed by atoms with van der Waals surface area (Å²) in [6.45, 7) is 1.63. The highest BCUT2D eigenvalue weighted by atomic mass is 16.5. The maximum Gasteiger partial charge on any atom is 0.319 e. The first kappa shape index (κ1) is 14.5. The summed E-state index contributed by atoms with van der Waals surface area (Å²) >= 11 is 0. The van der Waals surface area contributed by atoms with E-state index in [1.165, 1.54) is 6.42 Å². The quantitative estimate of drug-likeness (QED) is 0.894. The van der Waals surface area contributed by atoms with E-state index in [2.05, 4.69) is 15.6 Å². The first-order valence-corrected chi connectivity index (χ1v) is 8.26. The van der Waals surface area contributed by atoms with Crippen molar-refractivity contribution in [3.8, 4) is 0 Å². The molecule has 1 saturated carbocycles. The number of pyridine rings is 1. The number of anilines is 1. The van der Waals surface area contributed by atoms with Crippen LogP contribution in [0.2, 0.25) is 0 Å².